The number of benzene rings is 2. The first-order valence-corrected chi connectivity index (χ1v) is 13.9. The smallest absolute Gasteiger partial charge is 0.253 e. The number of nitrogens with zero attached hydrogens (tertiary/aromatic N) is 3. The number of ether oxygens (including phenoxy) is 1. The lowest BCUT2D eigenvalue weighted by atomic mass is 9.91. The lowest BCUT2D eigenvalue weighted by molar-refractivity contribution is 0.121. The summed E-state index contributed by atoms with van der Waals surface area (Å²) in [6.45, 7) is 15.6. The van der Waals surface area contributed by atoms with E-state index < -0.39 is 0 Å². The maximum atomic E-state index is 12.4. The van der Waals surface area contributed by atoms with Gasteiger partial charge in [-0.3, -0.25) is 14.6 Å². The number of fused-ring (bicyclic) bond motifs is 1. The molecule has 202 valence electrons. The Morgan fingerprint density at radius 3 is 2.42 bits per heavy atom. The fourth-order valence-electron chi connectivity index (χ4n) is 6.20. The van der Waals surface area contributed by atoms with Crippen molar-refractivity contribution in [1.82, 2.24) is 19.7 Å². The third kappa shape index (κ3) is 5.18. The van der Waals surface area contributed by atoms with Gasteiger partial charge < -0.3 is 14.6 Å². The van der Waals surface area contributed by atoms with Crippen LogP contribution in [0.3, 0.4) is 0 Å². The highest BCUT2D eigenvalue weighted by Crippen LogP contribution is 2.33. The van der Waals surface area contributed by atoms with E-state index in [1.165, 1.54) is 22.3 Å². The van der Waals surface area contributed by atoms with Gasteiger partial charge in [-0.25, -0.2) is 0 Å². The zero-order valence-electron chi connectivity index (χ0n) is 23.9. The maximum Gasteiger partial charge on any atom is 0.253 e. The summed E-state index contributed by atoms with van der Waals surface area (Å²) in [5, 5.41) is 3.59. The van der Waals surface area contributed by atoms with Crippen LogP contribution >= 0.6 is 0 Å². The Morgan fingerprint density at radius 2 is 1.71 bits per heavy atom. The molecule has 1 aromatic heterocycles. The molecule has 0 radical (unpaired) electrons. The van der Waals surface area contributed by atoms with E-state index in [9.17, 15) is 4.79 Å². The van der Waals surface area contributed by atoms with Gasteiger partial charge in [0.05, 0.1) is 7.11 Å². The van der Waals surface area contributed by atoms with E-state index in [1.807, 2.05) is 27.1 Å². The van der Waals surface area contributed by atoms with E-state index in [-0.39, 0.29) is 5.56 Å². The second-order valence-corrected chi connectivity index (χ2v) is 11.1. The van der Waals surface area contributed by atoms with E-state index >= 15 is 0 Å². The van der Waals surface area contributed by atoms with E-state index in [1.54, 1.807) is 17.2 Å². The molecule has 2 aromatic carbocycles. The summed E-state index contributed by atoms with van der Waals surface area (Å²) in [5.41, 5.74) is 11.1. The predicted molar refractivity (Wildman–Crippen MR) is 155 cm³/mol. The highest BCUT2D eigenvalue weighted by atomic mass is 16.5. The van der Waals surface area contributed by atoms with Crippen molar-refractivity contribution in [2.45, 2.75) is 53.2 Å². The van der Waals surface area contributed by atoms with Gasteiger partial charge >= 0.3 is 0 Å². The van der Waals surface area contributed by atoms with Crippen LogP contribution in [-0.4, -0.2) is 54.2 Å². The molecule has 1 fully saturated rings. The number of pyridine rings is 1. The van der Waals surface area contributed by atoms with Gasteiger partial charge in [-0.1, -0.05) is 24.3 Å². The van der Waals surface area contributed by atoms with E-state index in [2.05, 4.69) is 59.3 Å². The number of aryl methyl sites for hydroxylation is 2. The minimum Gasteiger partial charge on any atom is -0.496 e. The van der Waals surface area contributed by atoms with Gasteiger partial charge in [-0.2, -0.15) is 0 Å². The van der Waals surface area contributed by atoms with Crippen LogP contribution in [0, 0.1) is 20.8 Å². The van der Waals surface area contributed by atoms with E-state index in [0.717, 1.165) is 80.2 Å². The summed E-state index contributed by atoms with van der Waals surface area (Å²) >= 11 is 0. The van der Waals surface area contributed by atoms with Gasteiger partial charge in [0, 0.05) is 75.2 Å². The van der Waals surface area contributed by atoms with Crippen LogP contribution in [-0.2, 0) is 26.6 Å². The number of hydrogen-bond donors (Lipinski definition) is 1. The molecule has 1 N–H and O–H groups in total. The molecule has 0 bridgehead atoms. The average Bonchev–Trinajstić information content (AvgIpc) is 2.92. The number of nitrogens with one attached hydrogen (secondary N) is 1. The summed E-state index contributed by atoms with van der Waals surface area (Å²) < 4.78 is 7.58. The second-order valence-electron chi connectivity index (χ2n) is 11.1. The molecule has 5 rings (SSSR count). The first-order chi connectivity index (χ1) is 18.3. The van der Waals surface area contributed by atoms with Gasteiger partial charge in [0.15, 0.2) is 0 Å². The molecule has 0 spiro atoms. The molecule has 0 amide bonds. The van der Waals surface area contributed by atoms with Crippen molar-refractivity contribution >= 4 is 0 Å². The van der Waals surface area contributed by atoms with Crippen molar-refractivity contribution in [3.05, 3.63) is 85.8 Å². The van der Waals surface area contributed by atoms with Crippen molar-refractivity contribution in [3.8, 4) is 16.9 Å². The van der Waals surface area contributed by atoms with Crippen LogP contribution in [0.25, 0.3) is 11.1 Å². The second kappa shape index (κ2) is 11.0. The Labute approximate surface area is 227 Å². The van der Waals surface area contributed by atoms with Crippen molar-refractivity contribution in [3.63, 3.8) is 0 Å². The Kier molecular flexibility index (Phi) is 7.75. The molecule has 6 nitrogen and oxygen atoms in total. The fourth-order valence-corrected chi connectivity index (χ4v) is 6.20. The Morgan fingerprint density at radius 1 is 1.00 bits per heavy atom. The molecule has 3 heterocycles. The molecule has 1 unspecified atom stereocenters. The SMILES string of the molecule is COc1cc(-c2cn(C)c(=O)c(C)c2C)cc(C)c1CN1CCN(Cc2cccc3c2CCNC3C)CC1. The summed E-state index contributed by atoms with van der Waals surface area (Å²) in [6.07, 6.45) is 3.07. The molecule has 6 heteroatoms. The van der Waals surface area contributed by atoms with E-state index in [0.29, 0.717) is 6.04 Å². The zero-order valence-corrected chi connectivity index (χ0v) is 23.9. The molecule has 1 atom stereocenters. The molecule has 2 aliphatic rings. The summed E-state index contributed by atoms with van der Waals surface area (Å²) in [6, 6.07) is 11.7. The van der Waals surface area contributed by atoms with Gasteiger partial charge in [-0.05, 0) is 80.1 Å². The molecule has 2 aliphatic heterocycles. The zero-order chi connectivity index (χ0) is 27.0. The average molecular weight is 515 g/mol. The number of hydrogen-bond acceptors (Lipinski definition) is 5. The summed E-state index contributed by atoms with van der Waals surface area (Å²) in [7, 11) is 3.58. The van der Waals surface area contributed by atoms with Crippen LogP contribution in [0.1, 0.15) is 51.9 Å². The summed E-state index contributed by atoms with van der Waals surface area (Å²) in [4.78, 5) is 17.5. The third-order valence-corrected chi connectivity index (χ3v) is 8.74. The topological polar surface area (TPSA) is 49.7 Å². The van der Waals surface area contributed by atoms with Crippen LogP contribution < -0.4 is 15.6 Å². The van der Waals surface area contributed by atoms with Crippen molar-refractivity contribution in [2.24, 2.45) is 7.05 Å². The molecule has 0 saturated carbocycles. The van der Waals surface area contributed by atoms with Gasteiger partial charge in [-0.15, -0.1) is 0 Å². The summed E-state index contributed by atoms with van der Waals surface area (Å²) in [5.74, 6) is 0.923. The minimum atomic E-state index is 0.0596. The lowest BCUT2D eigenvalue weighted by Gasteiger charge is -2.36. The Balaban J connectivity index is 1.28. The first-order valence-electron chi connectivity index (χ1n) is 13.9. The molecule has 1 saturated heterocycles. The highest BCUT2D eigenvalue weighted by molar-refractivity contribution is 5.71. The van der Waals surface area contributed by atoms with Gasteiger partial charge in [0.25, 0.3) is 5.56 Å². The van der Waals surface area contributed by atoms with Crippen molar-refractivity contribution in [2.75, 3.05) is 39.8 Å². The van der Waals surface area contributed by atoms with Crippen LogP contribution in [0.5, 0.6) is 5.75 Å². The molecule has 38 heavy (non-hydrogen) atoms. The molecular weight excluding hydrogens is 472 g/mol. The Bertz CT molecular complexity index is 1390. The predicted octanol–water partition coefficient (Wildman–Crippen LogP) is 4.51. The van der Waals surface area contributed by atoms with Crippen LogP contribution in [0.15, 0.2) is 41.3 Å². The van der Waals surface area contributed by atoms with Gasteiger partial charge in [0.2, 0.25) is 0 Å². The fraction of sp³-hybridized carbons (Fsp3) is 0.469. The standard InChI is InChI=1S/C32H42N4O2/c1-21-16-26(30-19-34(5)32(37)23(3)22(30)2)17-31(38-6)29(21)20-36-14-12-35(13-15-36)18-25-8-7-9-27-24(4)33-11-10-28(25)27/h7-9,16-17,19,24,33H,10-15,18,20H2,1-6H3. The number of methoxy groups -OCH3 is 1. The largest absolute Gasteiger partial charge is 0.496 e. The molecule has 0 aliphatic carbocycles. The highest BCUT2D eigenvalue weighted by Gasteiger charge is 2.23. The maximum absolute atomic E-state index is 12.4. The number of piperazine rings is 1. The first kappa shape index (κ1) is 26.7. The van der Waals surface area contributed by atoms with Crippen molar-refractivity contribution < 1.29 is 4.74 Å². The van der Waals surface area contributed by atoms with E-state index in [4.69, 9.17) is 4.74 Å². The minimum absolute atomic E-state index is 0.0596. The van der Waals surface area contributed by atoms with Crippen molar-refractivity contribution in [1.29, 1.82) is 0 Å². The normalized spacial score (nSPS) is 18.4. The van der Waals surface area contributed by atoms with Gasteiger partial charge in [0.1, 0.15) is 5.75 Å². The third-order valence-electron chi connectivity index (χ3n) is 8.74. The Hall–Kier alpha value is -2.93. The molecular formula is C32H42N4O2. The lowest BCUT2D eigenvalue weighted by Crippen LogP contribution is -2.45. The molecule has 3 aromatic rings. The number of rotatable bonds is 6. The quantitative estimate of drug-likeness (QED) is 0.525. The van der Waals surface area contributed by atoms with Crippen LogP contribution in [0.4, 0.5) is 0 Å². The number of aromatic nitrogens is 1. The van der Waals surface area contributed by atoms with Crippen LogP contribution in [0.2, 0.25) is 0 Å². The monoisotopic (exact) mass is 514 g/mol.